The van der Waals surface area contributed by atoms with E-state index in [4.69, 9.17) is 4.42 Å². The molecule has 4 saturated carbocycles. The van der Waals surface area contributed by atoms with E-state index in [0.717, 1.165) is 45.9 Å². The highest BCUT2D eigenvalue weighted by molar-refractivity contribution is 6.06. The Morgan fingerprint density at radius 3 is 1.69 bits per heavy atom. The van der Waals surface area contributed by atoms with E-state index in [2.05, 4.69) is 150 Å². The van der Waals surface area contributed by atoms with Crippen molar-refractivity contribution in [2.75, 3.05) is 4.90 Å². The molecule has 234 valence electrons. The molecule has 6 aromatic carbocycles. The fraction of sp³-hybridized carbons (Fsp3) is 0.217. The van der Waals surface area contributed by atoms with Gasteiger partial charge in [0.2, 0.25) is 0 Å². The lowest BCUT2D eigenvalue weighted by molar-refractivity contribution is -0.00259. The predicted octanol–water partition coefficient (Wildman–Crippen LogP) is 12.9. The summed E-state index contributed by atoms with van der Waals surface area (Å²) in [6.45, 7) is 0. The smallest absolute Gasteiger partial charge is 0.137 e. The van der Waals surface area contributed by atoms with Crippen LogP contribution in [0.1, 0.15) is 43.6 Å². The summed E-state index contributed by atoms with van der Waals surface area (Å²) < 4.78 is 6.43. The molecule has 0 spiro atoms. The Balaban J connectivity index is 1.07. The van der Waals surface area contributed by atoms with Gasteiger partial charge in [0, 0.05) is 33.9 Å². The summed E-state index contributed by atoms with van der Waals surface area (Å²) in [5, 5.41) is 2.33. The number of rotatable bonds is 6. The molecule has 4 aliphatic carbocycles. The van der Waals surface area contributed by atoms with Crippen LogP contribution in [0.3, 0.4) is 0 Å². The molecule has 4 bridgehead atoms. The number of hydrogen-bond acceptors (Lipinski definition) is 2. The Bertz CT molecular complexity index is 2220. The third-order valence-corrected chi connectivity index (χ3v) is 11.8. The second-order valence-corrected chi connectivity index (χ2v) is 14.6. The van der Waals surface area contributed by atoms with Crippen molar-refractivity contribution in [1.29, 1.82) is 0 Å². The molecule has 0 aliphatic heterocycles. The van der Waals surface area contributed by atoms with Gasteiger partial charge in [-0.3, -0.25) is 0 Å². The van der Waals surface area contributed by atoms with Crippen LogP contribution >= 0.6 is 0 Å². The van der Waals surface area contributed by atoms with Crippen LogP contribution in [0.5, 0.6) is 0 Å². The number of hydrogen-bond donors (Lipinski definition) is 0. The van der Waals surface area contributed by atoms with Gasteiger partial charge in [0.1, 0.15) is 11.2 Å². The van der Waals surface area contributed by atoms with Crippen molar-refractivity contribution in [3.8, 4) is 22.3 Å². The number of anilines is 3. The van der Waals surface area contributed by atoms with E-state index in [1.165, 1.54) is 76.7 Å². The SMILES string of the molecule is c1ccc(-c2ccc(-c3ccc(N(c4ccc5c(c4)oc4ccccc45)c4ccccc4C4C5CC6CC(C5)CC4C6)cc3)cc2)cc1. The van der Waals surface area contributed by atoms with E-state index < -0.39 is 0 Å². The molecule has 11 rings (SSSR count). The van der Waals surface area contributed by atoms with Gasteiger partial charge in [-0.15, -0.1) is 0 Å². The zero-order valence-electron chi connectivity index (χ0n) is 27.1. The minimum absolute atomic E-state index is 0.633. The van der Waals surface area contributed by atoms with Crippen LogP contribution < -0.4 is 4.90 Å². The zero-order valence-corrected chi connectivity index (χ0v) is 27.1. The summed E-state index contributed by atoms with van der Waals surface area (Å²) in [7, 11) is 0. The van der Waals surface area contributed by atoms with E-state index in [-0.39, 0.29) is 0 Å². The molecule has 0 N–H and O–H groups in total. The number of fused-ring (bicyclic) bond motifs is 3. The standard InChI is InChI=1S/C46H39NO/c1-2-8-32(9-3-1)33-14-16-34(17-15-33)35-18-20-38(21-19-35)47(39-22-23-41-40-10-5-7-13-44(40)48-45(41)29-39)43-12-6-4-11-42(43)46-36-25-30-24-31(27-36)28-37(46)26-30/h1-23,29-31,36-37,46H,24-28H2. The molecule has 48 heavy (non-hydrogen) atoms. The molecule has 0 saturated heterocycles. The first kappa shape index (κ1) is 28.0. The minimum atomic E-state index is 0.633. The Labute approximate surface area is 282 Å². The van der Waals surface area contributed by atoms with Gasteiger partial charge >= 0.3 is 0 Å². The Morgan fingerprint density at radius 2 is 0.979 bits per heavy atom. The predicted molar refractivity (Wildman–Crippen MR) is 199 cm³/mol. The van der Waals surface area contributed by atoms with E-state index in [1.807, 2.05) is 0 Å². The van der Waals surface area contributed by atoms with Crippen molar-refractivity contribution in [2.24, 2.45) is 23.7 Å². The summed E-state index contributed by atoms with van der Waals surface area (Å²) in [5.74, 6) is 4.16. The minimum Gasteiger partial charge on any atom is -0.456 e. The van der Waals surface area contributed by atoms with Gasteiger partial charge in [0.15, 0.2) is 0 Å². The number of benzene rings is 6. The fourth-order valence-electron chi connectivity index (χ4n) is 9.98. The monoisotopic (exact) mass is 621 g/mol. The normalized spacial score (nSPS) is 22.8. The maximum absolute atomic E-state index is 6.43. The van der Waals surface area contributed by atoms with Crippen molar-refractivity contribution in [3.63, 3.8) is 0 Å². The van der Waals surface area contributed by atoms with Gasteiger partial charge in [0.05, 0.1) is 0 Å². The van der Waals surface area contributed by atoms with Crippen molar-refractivity contribution in [1.82, 2.24) is 0 Å². The molecular weight excluding hydrogens is 583 g/mol. The number of furan rings is 1. The van der Waals surface area contributed by atoms with Crippen LogP contribution in [0.4, 0.5) is 17.1 Å². The zero-order chi connectivity index (χ0) is 31.6. The van der Waals surface area contributed by atoms with Gasteiger partial charge in [-0.1, -0.05) is 103 Å². The maximum atomic E-state index is 6.43. The summed E-state index contributed by atoms with van der Waals surface area (Å²) in [6.07, 6.45) is 7.12. The molecule has 0 amide bonds. The molecule has 0 radical (unpaired) electrons. The third-order valence-electron chi connectivity index (χ3n) is 11.8. The van der Waals surface area contributed by atoms with Gasteiger partial charge in [-0.25, -0.2) is 0 Å². The summed E-state index contributed by atoms with van der Waals surface area (Å²) >= 11 is 0. The van der Waals surface area contributed by atoms with Crippen LogP contribution in [0.2, 0.25) is 0 Å². The summed E-state index contributed by atoms with van der Waals surface area (Å²) in [5.41, 5.74) is 11.9. The number of para-hydroxylation sites is 2. The largest absolute Gasteiger partial charge is 0.456 e. The molecule has 1 heterocycles. The Hall–Kier alpha value is -5.08. The molecule has 1 aromatic heterocycles. The maximum Gasteiger partial charge on any atom is 0.137 e. The topological polar surface area (TPSA) is 16.4 Å². The second kappa shape index (κ2) is 11.3. The molecule has 4 aliphatic rings. The molecule has 2 heteroatoms. The molecule has 0 unspecified atom stereocenters. The van der Waals surface area contributed by atoms with Gasteiger partial charge in [-0.05, 0) is 126 Å². The first-order valence-corrected chi connectivity index (χ1v) is 17.8. The highest BCUT2D eigenvalue weighted by Gasteiger charge is 2.49. The molecule has 7 aromatic rings. The highest BCUT2D eigenvalue weighted by atomic mass is 16.3. The average molecular weight is 622 g/mol. The molecule has 0 atom stereocenters. The van der Waals surface area contributed by atoms with Crippen LogP contribution in [0, 0.1) is 23.7 Å². The van der Waals surface area contributed by atoms with Crippen LogP contribution in [-0.4, -0.2) is 0 Å². The Morgan fingerprint density at radius 1 is 0.438 bits per heavy atom. The van der Waals surface area contributed by atoms with Crippen LogP contribution in [0.15, 0.2) is 150 Å². The van der Waals surface area contributed by atoms with E-state index in [0.29, 0.717) is 5.92 Å². The summed E-state index contributed by atoms with van der Waals surface area (Å²) in [6, 6.07) is 53.2. The van der Waals surface area contributed by atoms with Crippen molar-refractivity contribution in [2.45, 2.75) is 38.0 Å². The average Bonchev–Trinajstić information content (AvgIpc) is 3.51. The van der Waals surface area contributed by atoms with Crippen LogP contribution in [-0.2, 0) is 0 Å². The van der Waals surface area contributed by atoms with Gasteiger partial charge in [-0.2, -0.15) is 0 Å². The first-order chi connectivity index (χ1) is 23.7. The quantitative estimate of drug-likeness (QED) is 0.184. The van der Waals surface area contributed by atoms with Crippen molar-refractivity contribution < 1.29 is 4.42 Å². The van der Waals surface area contributed by atoms with Crippen molar-refractivity contribution >= 4 is 39.0 Å². The lowest BCUT2D eigenvalue weighted by atomic mass is 9.50. The third kappa shape index (κ3) is 4.69. The molecular formula is C46H39NO. The number of nitrogens with zero attached hydrogens (tertiary/aromatic N) is 1. The second-order valence-electron chi connectivity index (χ2n) is 14.6. The lowest BCUT2D eigenvalue weighted by Gasteiger charge is -2.55. The fourth-order valence-corrected chi connectivity index (χ4v) is 9.98. The highest BCUT2D eigenvalue weighted by Crippen LogP contribution is 2.61. The van der Waals surface area contributed by atoms with E-state index in [9.17, 15) is 0 Å². The lowest BCUT2D eigenvalue weighted by Crippen LogP contribution is -2.44. The van der Waals surface area contributed by atoms with E-state index >= 15 is 0 Å². The van der Waals surface area contributed by atoms with Gasteiger partial charge < -0.3 is 9.32 Å². The molecule has 2 nitrogen and oxygen atoms in total. The Kier molecular flexibility index (Phi) is 6.57. The molecule has 4 fully saturated rings. The van der Waals surface area contributed by atoms with E-state index in [1.54, 1.807) is 0 Å². The first-order valence-electron chi connectivity index (χ1n) is 17.8. The van der Waals surface area contributed by atoms with Gasteiger partial charge in [0.25, 0.3) is 0 Å². The van der Waals surface area contributed by atoms with Crippen LogP contribution in [0.25, 0.3) is 44.2 Å². The van der Waals surface area contributed by atoms with Crippen molar-refractivity contribution in [3.05, 3.63) is 151 Å². The summed E-state index contributed by atoms with van der Waals surface area (Å²) in [4.78, 5) is 2.50.